The molecule has 0 atom stereocenters. The molecule has 0 heterocycles. The molecule has 12 bridgehead atoms. The SMILES string of the molecule is CC(C)(C)c1cc2c(OCP(C)(C)=O)c(c1)Cc1cc(C(C)(C)C)cc(c1OCP(C)(C)=O)Cc1cc(C(C)(C)C)cc(c1OCP(C)(C)=O)Cc1cc(C(C)(C)C)cc(c1OCP(C)(C)=O)Cc1cc(C(C)(C)C)cc(c1OCP(C)(C)=O)Cc1cc(C(C)(C)C)cc(c1OCP(C)(C)=O)C2. The third kappa shape index (κ3) is 24.3. The Kier molecular flexibility index (Phi) is 25.5. The molecule has 0 radical (unpaired) electrons. The summed E-state index contributed by atoms with van der Waals surface area (Å²) in [5.74, 6) is 3.51. The van der Waals surface area contributed by atoms with Crippen molar-refractivity contribution in [3.63, 3.8) is 0 Å². The predicted molar refractivity (Wildman–Crippen MR) is 437 cm³/mol. The van der Waals surface area contributed by atoms with Crippen molar-refractivity contribution in [2.45, 2.75) is 196 Å². The van der Waals surface area contributed by atoms with Gasteiger partial charge in [-0.25, -0.2) is 0 Å². The molecule has 1 aliphatic carbocycles. The minimum atomic E-state index is -2.85. The fraction of sp³-hybridized carbons (Fsp3) is 0.571. The smallest absolute Gasteiger partial charge is 0.140 e. The molecule has 0 unspecified atom stereocenters. The number of hydrogen-bond donors (Lipinski definition) is 0. The second-order valence-electron chi connectivity index (χ2n) is 38.4. The van der Waals surface area contributed by atoms with Crippen LogP contribution in [0.1, 0.15) is 225 Å². The van der Waals surface area contributed by atoms with Gasteiger partial charge in [0.15, 0.2) is 0 Å². The first-order chi connectivity index (χ1) is 46.0. The van der Waals surface area contributed by atoms with Gasteiger partial charge in [0.2, 0.25) is 0 Å². The number of benzene rings is 6. The molecular weight excluding hydrogens is 1390 g/mol. The number of rotatable bonds is 18. The molecule has 0 amide bonds. The zero-order valence-electron chi connectivity index (χ0n) is 68.0. The van der Waals surface area contributed by atoms with Crippen molar-refractivity contribution in [1.82, 2.24) is 0 Å². The molecule has 18 heteroatoms. The highest BCUT2D eigenvalue weighted by atomic mass is 31.2. The molecule has 0 N–H and O–H groups in total. The summed E-state index contributed by atoms with van der Waals surface area (Å²) in [5.41, 5.74) is 14.0. The van der Waals surface area contributed by atoms with E-state index in [1.165, 1.54) is 0 Å². The van der Waals surface area contributed by atoms with E-state index in [4.69, 9.17) is 28.4 Å². The number of fused-ring (bicyclic) bond motifs is 12. The van der Waals surface area contributed by atoms with E-state index in [-0.39, 0.29) is 38.1 Å². The molecule has 0 aliphatic heterocycles. The van der Waals surface area contributed by atoms with Gasteiger partial charge in [0.1, 0.15) is 115 Å². The number of ether oxygens (including phenoxy) is 6. The summed E-state index contributed by atoms with van der Waals surface area (Å²) in [4.78, 5) is 0. The Morgan fingerprint density at radius 3 is 0.363 bits per heavy atom. The quantitative estimate of drug-likeness (QED) is 0.0750. The minimum absolute atomic E-state index is 0.0407. The van der Waals surface area contributed by atoms with Crippen LogP contribution in [0.25, 0.3) is 0 Å². The highest BCUT2D eigenvalue weighted by molar-refractivity contribution is 7.63. The maximum atomic E-state index is 14.2. The van der Waals surface area contributed by atoms with Crippen LogP contribution in [0.4, 0.5) is 0 Å². The Morgan fingerprint density at radius 1 is 0.206 bits per heavy atom. The van der Waals surface area contributed by atoms with E-state index >= 15 is 0 Å². The molecule has 0 saturated heterocycles. The van der Waals surface area contributed by atoms with Gasteiger partial charge in [-0.05, 0) is 213 Å². The summed E-state index contributed by atoms with van der Waals surface area (Å²) in [6.45, 7) is 60.6. The van der Waals surface area contributed by atoms with Crippen molar-refractivity contribution in [1.29, 1.82) is 0 Å². The molecule has 0 fully saturated rings. The van der Waals surface area contributed by atoms with E-state index in [0.29, 0.717) is 73.0 Å². The highest BCUT2D eigenvalue weighted by Crippen LogP contribution is 2.51. The highest BCUT2D eigenvalue weighted by Gasteiger charge is 2.34. The van der Waals surface area contributed by atoms with Crippen molar-refractivity contribution in [2.24, 2.45) is 0 Å². The van der Waals surface area contributed by atoms with Crippen LogP contribution in [-0.4, -0.2) is 118 Å². The second-order valence-corrected chi connectivity index (χ2v) is 58.8. The molecule has 564 valence electrons. The Morgan fingerprint density at radius 2 is 0.294 bits per heavy atom. The zero-order chi connectivity index (χ0) is 77.1. The van der Waals surface area contributed by atoms with Gasteiger partial charge in [0.05, 0.1) is 0 Å². The lowest BCUT2D eigenvalue weighted by Crippen LogP contribution is -2.18. The van der Waals surface area contributed by atoms with Gasteiger partial charge in [0.25, 0.3) is 0 Å². The Labute approximate surface area is 616 Å². The van der Waals surface area contributed by atoms with Crippen molar-refractivity contribution in [3.05, 3.63) is 173 Å². The minimum Gasteiger partial charge on any atom is -0.485 e. The van der Waals surface area contributed by atoms with E-state index in [9.17, 15) is 27.4 Å². The summed E-state index contributed by atoms with van der Waals surface area (Å²) in [6.07, 6.45) is 1.51. The van der Waals surface area contributed by atoms with Gasteiger partial charge in [-0.3, -0.25) is 0 Å². The Balaban J connectivity index is 1.83. The molecule has 102 heavy (non-hydrogen) atoms. The van der Waals surface area contributed by atoms with Gasteiger partial charge < -0.3 is 55.8 Å². The summed E-state index contributed by atoms with van der Waals surface area (Å²) >= 11 is 0. The van der Waals surface area contributed by atoms with Crippen molar-refractivity contribution >= 4 is 42.9 Å². The van der Waals surface area contributed by atoms with E-state index in [1.54, 1.807) is 80.0 Å². The van der Waals surface area contributed by atoms with Crippen LogP contribution in [0.2, 0.25) is 0 Å². The topological polar surface area (TPSA) is 158 Å². The average molecular weight is 1510 g/mol. The largest absolute Gasteiger partial charge is 0.485 e. The van der Waals surface area contributed by atoms with Crippen LogP contribution in [0.15, 0.2) is 72.8 Å². The van der Waals surface area contributed by atoms with Crippen LogP contribution in [-0.2, 0) is 98.4 Å². The monoisotopic (exact) mass is 1510 g/mol. The maximum Gasteiger partial charge on any atom is 0.140 e. The molecule has 0 spiro atoms. The molecule has 6 aromatic carbocycles. The van der Waals surface area contributed by atoms with E-state index in [2.05, 4.69) is 197 Å². The van der Waals surface area contributed by atoms with Gasteiger partial charge in [-0.15, -0.1) is 0 Å². The van der Waals surface area contributed by atoms with Crippen LogP contribution in [0.3, 0.4) is 0 Å². The lowest BCUT2D eigenvalue weighted by atomic mass is 9.79. The van der Waals surface area contributed by atoms with Crippen molar-refractivity contribution in [3.8, 4) is 34.5 Å². The van der Waals surface area contributed by atoms with Crippen molar-refractivity contribution in [2.75, 3.05) is 118 Å². The van der Waals surface area contributed by atoms with Crippen LogP contribution in [0.5, 0.6) is 34.5 Å². The first kappa shape index (κ1) is 84.8. The fourth-order valence-corrected chi connectivity index (χ4v) is 15.0. The zero-order valence-corrected chi connectivity index (χ0v) is 73.4. The summed E-state index contributed by atoms with van der Waals surface area (Å²) < 4.78 is 128. The molecule has 6 aromatic rings. The first-order valence-corrected chi connectivity index (χ1v) is 52.7. The summed E-state index contributed by atoms with van der Waals surface area (Å²) in [7, 11) is -17.1. The van der Waals surface area contributed by atoms with Crippen LogP contribution < -0.4 is 28.4 Å². The number of hydrogen-bond acceptors (Lipinski definition) is 12. The van der Waals surface area contributed by atoms with Crippen molar-refractivity contribution < 1.29 is 55.8 Å². The molecule has 7 rings (SSSR count). The normalized spacial score (nSPS) is 14.4. The van der Waals surface area contributed by atoms with E-state index in [1.807, 2.05) is 0 Å². The van der Waals surface area contributed by atoms with Gasteiger partial charge >= 0.3 is 0 Å². The Bertz CT molecular complexity index is 3540. The van der Waals surface area contributed by atoms with Crippen LogP contribution in [0, 0.1) is 0 Å². The lowest BCUT2D eigenvalue weighted by molar-refractivity contribution is 0.361. The lowest BCUT2D eigenvalue weighted by Gasteiger charge is -2.29. The molecule has 1 aliphatic rings. The molecule has 0 saturated carbocycles. The third-order valence-electron chi connectivity index (χ3n) is 18.1. The average Bonchev–Trinajstić information content (AvgIpc) is 0.769. The fourth-order valence-electron chi connectivity index (χ4n) is 12.4. The predicted octanol–water partition coefficient (Wildman–Crippen LogP) is 23.1. The van der Waals surface area contributed by atoms with Gasteiger partial charge in [0, 0.05) is 38.5 Å². The molecular formula is C84H126O12P6. The standard InChI is InChI=1S/C84H126O12P6/c1-79(2,3)67-37-55-31-57-39-68(80(4,5)6)41-59(74(57)92-50-98(21,22)86)33-61-43-70(82(10,11)12)45-63(76(61)94-52-100(25,26)88)35-65-47-72(84(16,17)18)48-66(78(65)96-54-102(29,30)90)36-64-46-71(83(13,14)15)44-62(77(64)95-53-101(27,28)89)34-60-42-69(81(7,8)9)40-58(75(60)93-51-99(23,24)87)32-56(38-67)73(55)91-49-97(19,20)85/h37-48H,31-36,49-54H2,1-30H3. The van der Waals surface area contributed by atoms with E-state index < -0.39 is 75.3 Å². The van der Waals surface area contributed by atoms with Gasteiger partial charge in [-0.1, -0.05) is 197 Å². The second kappa shape index (κ2) is 30.6. The maximum absolute atomic E-state index is 14.2. The first-order valence-electron chi connectivity index (χ1n) is 36.0. The Hall–Kier alpha value is -4.50. The third-order valence-corrected chi connectivity index (χ3v) is 22.6. The van der Waals surface area contributed by atoms with Crippen LogP contribution >= 0.6 is 42.9 Å². The summed E-state index contributed by atoms with van der Waals surface area (Å²) in [6, 6.07) is 26.7. The van der Waals surface area contributed by atoms with Gasteiger partial charge in [-0.2, -0.15) is 0 Å². The molecule has 12 nitrogen and oxygen atoms in total. The summed E-state index contributed by atoms with van der Waals surface area (Å²) in [5, 5.41) is 0. The van der Waals surface area contributed by atoms with E-state index in [0.717, 1.165) is 100 Å². The molecule has 0 aromatic heterocycles.